The number of amides is 1. The Hall–Kier alpha value is -0.770. The van der Waals surface area contributed by atoms with Crippen molar-refractivity contribution >= 4 is 6.09 Å². The lowest BCUT2D eigenvalue weighted by molar-refractivity contribution is 0.0756. The SMILES string of the molecule is CC(C)COC(=O)N(C)C1CCCCC1N. The predicted molar refractivity (Wildman–Crippen MR) is 64.2 cm³/mol. The third-order valence-corrected chi connectivity index (χ3v) is 3.11. The summed E-state index contributed by atoms with van der Waals surface area (Å²) in [7, 11) is 1.79. The van der Waals surface area contributed by atoms with Crippen molar-refractivity contribution in [2.45, 2.75) is 51.6 Å². The first-order chi connectivity index (χ1) is 7.52. The average Bonchev–Trinajstić information content (AvgIpc) is 2.25. The summed E-state index contributed by atoms with van der Waals surface area (Å²) in [4.78, 5) is 13.4. The van der Waals surface area contributed by atoms with Crippen molar-refractivity contribution in [3.8, 4) is 0 Å². The van der Waals surface area contributed by atoms with Crippen molar-refractivity contribution in [2.24, 2.45) is 11.7 Å². The van der Waals surface area contributed by atoms with Crippen LogP contribution in [-0.4, -0.2) is 36.7 Å². The van der Waals surface area contributed by atoms with E-state index in [9.17, 15) is 4.79 Å². The fourth-order valence-electron chi connectivity index (χ4n) is 2.10. The first-order valence-electron chi connectivity index (χ1n) is 6.17. The highest BCUT2D eigenvalue weighted by molar-refractivity contribution is 5.67. The van der Waals surface area contributed by atoms with E-state index in [-0.39, 0.29) is 18.2 Å². The molecule has 1 aliphatic carbocycles. The topological polar surface area (TPSA) is 55.6 Å². The zero-order valence-electron chi connectivity index (χ0n) is 10.6. The molecule has 1 saturated carbocycles. The standard InChI is InChI=1S/C12H24N2O2/c1-9(2)8-16-12(15)14(3)11-7-5-4-6-10(11)13/h9-11H,4-8,13H2,1-3H3. The molecule has 1 aliphatic rings. The molecule has 0 saturated heterocycles. The summed E-state index contributed by atoms with van der Waals surface area (Å²) in [6, 6.07) is 0.249. The van der Waals surface area contributed by atoms with E-state index < -0.39 is 0 Å². The monoisotopic (exact) mass is 228 g/mol. The molecule has 1 fully saturated rings. The second-order valence-electron chi connectivity index (χ2n) is 5.10. The second-order valence-corrected chi connectivity index (χ2v) is 5.10. The Morgan fingerprint density at radius 2 is 2.06 bits per heavy atom. The van der Waals surface area contributed by atoms with Gasteiger partial charge in [0.25, 0.3) is 0 Å². The number of hydrogen-bond acceptors (Lipinski definition) is 3. The Labute approximate surface area is 98.1 Å². The molecule has 4 heteroatoms. The quantitative estimate of drug-likeness (QED) is 0.803. The molecule has 2 unspecified atom stereocenters. The van der Waals surface area contributed by atoms with Gasteiger partial charge in [0.05, 0.1) is 6.61 Å². The summed E-state index contributed by atoms with van der Waals surface area (Å²) < 4.78 is 5.20. The molecule has 0 heterocycles. The minimum atomic E-state index is -0.240. The highest BCUT2D eigenvalue weighted by Gasteiger charge is 2.29. The number of carbonyl (C=O) groups is 1. The van der Waals surface area contributed by atoms with Gasteiger partial charge in [-0.15, -0.1) is 0 Å². The molecule has 0 aliphatic heterocycles. The van der Waals surface area contributed by atoms with Gasteiger partial charge in [-0.2, -0.15) is 0 Å². The first kappa shape index (κ1) is 13.3. The van der Waals surface area contributed by atoms with Gasteiger partial charge < -0.3 is 15.4 Å². The van der Waals surface area contributed by atoms with Crippen molar-refractivity contribution < 1.29 is 9.53 Å². The number of rotatable bonds is 3. The molecular formula is C12H24N2O2. The Balaban J connectivity index is 2.42. The molecule has 1 rings (SSSR count). The van der Waals surface area contributed by atoms with Crippen LogP contribution in [0.1, 0.15) is 39.5 Å². The molecule has 0 spiro atoms. The normalized spacial score (nSPS) is 25.6. The summed E-state index contributed by atoms with van der Waals surface area (Å²) >= 11 is 0. The van der Waals surface area contributed by atoms with Gasteiger partial charge in [-0.05, 0) is 18.8 Å². The number of likely N-dealkylation sites (N-methyl/N-ethyl adjacent to an activating group) is 1. The van der Waals surface area contributed by atoms with Crippen LogP contribution >= 0.6 is 0 Å². The molecule has 0 bridgehead atoms. The van der Waals surface area contributed by atoms with E-state index in [2.05, 4.69) is 0 Å². The van der Waals surface area contributed by atoms with Crippen LogP contribution in [-0.2, 0) is 4.74 Å². The van der Waals surface area contributed by atoms with Crippen molar-refractivity contribution in [1.29, 1.82) is 0 Å². The second kappa shape index (κ2) is 6.09. The van der Waals surface area contributed by atoms with E-state index in [4.69, 9.17) is 10.5 Å². The molecule has 16 heavy (non-hydrogen) atoms. The van der Waals surface area contributed by atoms with Crippen LogP contribution in [0, 0.1) is 5.92 Å². The van der Waals surface area contributed by atoms with Gasteiger partial charge in [-0.3, -0.25) is 0 Å². The zero-order chi connectivity index (χ0) is 12.1. The summed E-state index contributed by atoms with van der Waals surface area (Å²) in [6.07, 6.45) is 4.09. The first-order valence-corrected chi connectivity index (χ1v) is 6.17. The summed E-state index contributed by atoms with van der Waals surface area (Å²) in [6.45, 7) is 4.53. The largest absolute Gasteiger partial charge is 0.449 e. The van der Waals surface area contributed by atoms with E-state index in [1.165, 1.54) is 6.42 Å². The molecule has 94 valence electrons. The fourth-order valence-corrected chi connectivity index (χ4v) is 2.10. The Kier molecular flexibility index (Phi) is 5.06. The van der Waals surface area contributed by atoms with Crippen molar-refractivity contribution in [3.05, 3.63) is 0 Å². The van der Waals surface area contributed by atoms with Gasteiger partial charge >= 0.3 is 6.09 Å². The average molecular weight is 228 g/mol. The Morgan fingerprint density at radius 1 is 1.44 bits per heavy atom. The highest BCUT2D eigenvalue weighted by Crippen LogP contribution is 2.21. The smallest absolute Gasteiger partial charge is 0.409 e. The highest BCUT2D eigenvalue weighted by atomic mass is 16.6. The molecule has 1 amide bonds. The van der Waals surface area contributed by atoms with Gasteiger partial charge in [0, 0.05) is 19.1 Å². The van der Waals surface area contributed by atoms with Gasteiger partial charge in [-0.25, -0.2) is 4.79 Å². The molecule has 2 N–H and O–H groups in total. The molecule has 0 aromatic heterocycles. The molecule has 2 atom stereocenters. The van der Waals surface area contributed by atoms with Crippen LogP contribution < -0.4 is 5.73 Å². The van der Waals surface area contributed by atoms with Crippen LogP contribution in [0.2, 0.25) is 0 Å². The molecule has 4 nitrogen and oxygen atoms in total. The van der Waals surface area contributed by atoms with E-state index in [0.717, 1.165) is 19.3 Å². The number of nitrogens with zero attached hydrogens (tertiary/aromatic N) is 1. The van der Waals surface area contributed by atoms with Crippen molar-refractivity contribution in [2.75, 3.05) is 13.7 Å². The lowest BCUT2D eigenvalue weighted by Crippen LogP contribution is -2.50. The van der Waals surface area contributed by atoms with Crippen LogP contribution in [0.15, 0.2) is 0 Å². The van der Waals surface area contributed by atoms with E-state index >= 15 is 0 Å². The van der Waals surface area contributed by atoms with E-state index in [1.807, 2.05) is 13.8 Å². The minimum absolute atomic E-state index is 0.102. The van der Waals surface area contributed by atoms with Crippen LogP contribution in [0.4, 0.5) is 4.79 Å². The number of nitrogens with two attached hydrogens (primary N) is 1. The van der Waals surface area contributed by atoms with Crippen LogP contribution in [0.3, 0.4) is 0 Å². The summed E-state index contributed by atoms with van der Waals surface area (Å²) in [5, 5.41) is 0. The molecule has 0 aromatic carbocycles. The Morgan fingerprint density at radius 3 is 2.62 bits per heavy atom. The van der Waals surface area contributed by atoms with E-state index in [0.29, 0.717) is 12.5 Å². The van der Waals surface area contributed by atoms with Gasteiger partial charge in [0.1, 0.15) is 0 Å². The third-order valence-electron chi connectivity index (χ3n) is 3.11. The fraction of sp³-hybridized carbons (Fsp3) is 0.917. The van der Waals surface area contributed by atoms with Crippen LogP contribution in [0.25, 0.3) is 0 Å². The lowest BCUT2D eigenvalue weighted by atomic mass is 9.90. The number of ether oxygens (including phenoxy) is 1. The van der Waals surface area contributed by atoms with E-state index in [1.54, 1.807) is 11.9 Å². The maximum atomic E-state index is 11.7. The van der Waals surface area contributed by atoms with Gasteiger partial charge in [0.15, 0.2) is 0 Å². The summed E-state index contributed by atoms with van der Waals surface area (Å²) in [5.41, 5.74) is 6.02. The van der Waals surface area contributed by atoms with Crippen LogP contribution in [0.5, 0.6) is 0 Å². The molecule has 0 aromatic rings. The van der Waals surface area contributed by atoms with Gasteiger partial charge in [0.2, 0.25) is 0 Å². The molecular weight excluding hydrogens is 204 g/mol. The maximum Gasteiger partial charge on any atom is 0.409 e. The third kappa shape index (κ3) is 3.67. The summed E-state index contributed by atoms with van der Waals surface area (Å²) in [5.74, 6) is 0.373. The predicted octanol–water partition coefficient (Wildman–Crippen LogP) is 1.98. The van der Waals surface area contributed by atoms with Crippen molar-refractivity contribution in [3.63, 3.8) is 0 Å². The minimum Gasteiger partial charge on any atom is -0.449 e. The number of carbonyl (C=O) groups excluding carboxylic acids is 1. The Bertz CT molecular complexity index is 231. The zero-order valence-corrected chi connectivity index (χ0v) is 10.6. The van der Waals surface area contributed by atoms with Crippen molar-refractivity contribution in [1.82, 2.24) is 4.90 Å². The van der Waals surface area contributed by atoms with Gasteiger partial charge in [-0.1, -0.05) is 26.7 Å². The maximum absolute atomic E-state index is 11.7. The molecule has 0 radical (unpaired) electrons. The number of hydrogen-bond donors (Lipinski definition) is 1. The lowest BCUT2D eigenvalue weighted by Gasteiger charge is -2.35.